The minimum absolute atomic E-state index is 0.00470. The van der Waals surface area contributed by atoms with E-state index in [4.69, 9.17) is 17.3 Å². The van der Waals surface area contributed by atoms with Crippen LogP contribution < -0.4 is 32.3 Å². The lowest BCUT2D eigenvalue weighted by Crippen LogP contribution is -2.59. The summed E-state index contributed by atoms with van der Waals surface area (Å²) in [7, 11) is 0. The number of para-hydroxylation sites is 1. The summed E-state index contributed by atoms with van der Waals surface area (Å²) >= 11 is 7.08. The molecule has 0 bridgehead atoms. The molecule has 0 aliphatic heterocycles. The van der Waals surface area contributed by atoms with Gasteiger partial charge in [-0.2, -0.15) is 16.9 Å². The molecule has 0 spiro atoms. The Bertz CT molecular complexity index is 2320. The first-order chi connectivity index (χ1) is 31.7. The molecule has 19 nitrogen and oxygen atoms in total. The van der Waals surface area contributed by atoms with Gasteiger partial charge in [-0.1, -0.05) is 84.1 Å². The van der Waals surface area contributed by atoms with Gasteiger partial charge in [-0.3, -0.25) is 38.4 Å². The number of thioether (sulfide) groups is 1. The molecule has 0 aliphatic carbocycles. The molecule has 3 aromatic carbocycles. The molecule has 9 N–H and O–H groups in total. The van der Waals surface area contributed by atoms with Crippen LogP contribution in [0.1, 0.15) is 49.3 Å². The van der Waals surface area contributed by atoms with Crippen molar-refractivity contribution in [2.45, 2.75) is 82.2 Å². The van der Waals surface area contributed by atoms with E-state index < -0.39 is 83.9 Å². The zero-order valence-electron chi connectivity index (χ0n) is 36.5. The standard InChI is InChI=1S/C45H55ClN10O9S/c1-28(50-38(57)17-18-39(58)56(55-49-21-20-46)27-30-13-7-4-8-14-30)42(62)53-36(24-31-26-48-33-16-10-9-15-32(31)33)44(64)51-34(19-22-66-2)43(63)54-37(25-40(59)60)45(65)52-35(41(47)61)23-29-11-5-3-6-12-29/h3-16,26,28,34-37,48H,17-25,27H2,1-2H3,(H2,47,61)(H,50,57)(H,51,64)(H,52,65)(H,53,62)(H,54,63)(H,59,60)/t28-,34-,35-,36-,37-/m0/s1. The zero-order valence-corrected chi connectivity index (χ0v) is 38.1. The van der Waals surface area contributed by atoms with Gasteiger partial charge in [-0.15, -0.1) is 11.6 Å². The largest absolute Gasteiger partial charge is 0.481 e. The first-order valence-electron chi connectivity index (χ1n) is 21.1. The van der Waals surface area contributed by atoms with Crippen LogP contribution in [0.5, 0.6) is 0 Å². The smallest absolute Gasteiger partial charge is 0.305 e. The maximum atomic E-state index is 14.2. The van der Waals surface area contributed by atoms with Crippen molar-refractivity contribution in [1.82, 2.24) is 36.6 Å². The maximum Gasteiger partial charge on any atom is 0.305 e. The third-order valence-electron chi connectivity index (χ3n) is 10.1. The highest BCUT2D eigenvalue weighted by Gasteiger charge is 2.33. The van der Waals surface area contributed by atoms with Crippen LogP contribution in [0.25, 0.3) is 10.9 Å². The van der Waals surface area contributed by atoms with E-state index in [0.717, 1.165) is 21.5 Å². The van der Waals surface area contributed by atoms with Crippen molar-refractivity contribution in [2.24, 2.45) is 16.1 Å². The van der Waals surface area contributed by atoms with Crippen molar-refractivity contribution in [2.75, 3.05) is 24.4 Å². The highest BCUT2D eigenvalue weighted by Crippen LogP contribution is 2.20. The van der Waals surface area contributed by atoms with Crippen LogP contribution in [0.3, 0.4) is 0 Å². The molecule has 4 aromatic rings. The summed E-state index contributed by atoms with van der Waals surface area (Å²) in [5.74, 6) is -6.31. The Kier molecular flexibility index (Phi) is 21.1. The minimum Gasteiger partial charge on any atom is -0.481 e. The van der Waals surface area contributed by atoms with Crippen molar-refractivity contribution in [3.63, 3.8) is 0 Å². The van der Waals surface area contributed by atoms with E-state index in [9.17, 15) is 43.5 Å². The van der Waals surface area contributed by atoms with Gasteiger partial charge < -0.3 is 42.4 Å². The summed E-state index contributed by atoms with van der Waals surface area (Å²) in [5, 5.41) is 32.3. The SMILES string of the molecule is CSCC[C@H](NC(=O)[C@H](Cc1c[nH]c2ccccc12)NC(=O)[C@H](C)NC(=O)CCC(=O)N(Cc1ccccc1)N=NCCCl)C(=O)N[C@@H](CC(=O)O)C(=O)N[C@@H](Cc1ccccc1)C(N)=O. The molecular weight excluding hydrogens is 892 g/mol. The number of halogens is 1. The summed E-state index contributed by atoms with van der Waals surface area (Å²) < 4.78 is 0. The molecule has 0 fully saturated rings. The predicted octanol–water partition coefficient (Wildman–Crippen LogP) is 2.53. The number of H-pyrrole nitrogens is 1. The number of carbonyl (C=O) groups is 8. The fourth-order valence-corrected chi connectivity index (χ4v) is 7.16. The summed E-state index contributed by atoms with van der Waals surface area (Å²) in [5.41, 5.74) is 8.43. The number of aromatic amines is 1. The normalized spacial score (nSPS) is 13.4. The Morgan fingerprint density at radius 1 is 0.742 bits per heavy atom. The number of carbonyl (C=O) groups excluding carboxylic acids is 7. The molecule has 66 heavy (non-hydrogen) atoms. The number of nitrogens with two attached hydrogens (primary N) is 1. The van der Waals surface area contributed by atoms with Crippen LogP contribution in [0, 0.1) is 0 Å². The Morgan fingerprint density at radius 2 is 1.33 bits per heavy atom. The van der Waals surface area contributed by atoms with Gasteiger partial charge in [0.1, 0.15) is 30.2 Å². The number of nitrogens with one attached hydrogen (secondary N) is 6. The van der Waals surface area contributed by atoms with Crippen LogP contribution in [-0.2, 0) is 57.7 Å². The van der Waals surface area contributed by atoms with E-state index in [0.29, 0.717) is 16.9 Å². The topological polar surface area (TPSA) is 287 Å². The molecule has 0 aliphatic rings. The van der Waals surface area contributed by atoms with E-state index in [2.05, 4.69) is 41.9 Å². The van der Waals surface area contributed by atoms with E-state index in [1.54, 1.807) is 48.9 Å². The monoisotopic (exact) mass is 946 g/mol. The number of aliphatic carboxylic acids is 1. The number of hydrogen-bond acceptors (Lipinski definition) is 11. The molecule has 0 unspecified atom stereocenters. The number of carboxylic acid groups (broad SMARTS) is 1. The lowest BCUT2D eigenvalue weighted by Gasteiger charge is -2.26. The highest BCUT2D eigenvalue weighted by molar-refractivity contribution is 7.98. The molecule has 21 heteroatoms. The molecule has 4 rings (SSSR count). The number of primary amides is 1. The molecule has 5 atom stereocenters. The number of alkyl halides is 1. The number of hydrogen-bond donors (Lipinski definition) is 8. The number of amides is 7. The van der Waals surface area contributed by atoms with Crippen molar-refractivity contribution in [3.05, 3.63) is 108 Å². The molecule has 352 valence electrons. The van der Waals surface area contributed by atoms with Crippen LogP contribution in [-0.4, -0.2) is 117 Å². The van der Waals surface area contributed by atoms with E-state index in [-0.39, 0.29) is 51.1 Å². The highest BCUT2D eigenvalue weighted by atomic mass is 35.5. The Labute approximate surface area is 390 Å². The predicted molar refractivity (Wildman–Crippen MR) is 249 cm³/mol. The van der Waals surface area contributed by atoms with Gasteiger partial charge in [0.25, 0.3) is 0 Å². The average molecular weight is 948 g/mol. The molecule has 0 radical (unpaired) electrons. The summed E-state index contributed by atoms with van der Waals surface area (Å²) in [4.78, 5) is 109. The quantitative estimate of drug-likeness (QED) is 0.0246. The van der Waals surface area contributed by atoms with Gasteiger partial charge in [0.2, 0.25) is 41.4 Å². The Hall–Kier alpha value is -6.80. The summed E-state index contributed by atoms with van der Waals surface area (Å²) in [6.07, 6.45) is 2.01. The van der Waals surface area contributed by atoms with E-state index in [1.165, 1.54) is 18.7 Å². The number of aromatic nitrogens is 1. The second-order valence-corrected chi connectivity index (χ2v) is 16.5. The van der Waals surface area contributed by atoms with Crippen LogP contribution in [0.15, 0.2) is 101 Å². The van der Waals surface area contributed by atoms with Crippen LogP contribution in [0.2, 0.25) is 0 Å². The van der Waals surface area contributed by atoms with Crippen molar-refractivity contribution in [1.29, 1.82) is 0 Å². The van der Waals surface area contributed by atoms with Crippen LogP contribution in [0.4, 0.5) is 0 Å². The molecule has 0 saturated carbocycles. The van der Waals surface area contributed by atoms with Gasteiger partial charge in [0.05, 0.1) is 19.5 Å². The van der Waals surface area contributed by atoms with Crippen molar-refractivity contribution < 1.29 is 43.5 Å². The van der Waals surface area contributed by atoms with Gasteiger partial charge >= 0.3 is 5.97 Å². The number of carboxylic acids is 1. The number of benzene rings is 3. The van der Waals surface area contributed by atoms with Gasteiger partial charge in [0.15, 0.2) is 0 Å². The zero-order chi connectivity index (χ0) is 48.0. The van der Waals surface area contributed by atoms with E-state index >= 15 is 0 Å². The second-order valence-electron chi connectivity index (χ2n) is 15.1. The maximum absolute atomic E-state index is 14.2. The molecule has 0 saturated heterocycles. The van der Waals surface area contributed by atoms with Crippen molar-refractivity contribution in [3.8, 4) is 0 Å². The third kappa shape index (κ3) is 17.0. The second kappa shape index (κ2) is 26.9. The number of fused-ring (bicyclic) bond motifs is 1. The molecule has 7 amide bonds. The number of rotatable bonds is 27. The summed E-state index contributed by atoms with van der Waals surface area (Å²) in [6, 6.07) is 18.3. The van der Waals surface area contributed by atoms with Gasteiger partial charge in [-0.25, -0.2) is 5.01 Å². The van der Waals surface area contributed by atoms with Crippen molar-refractivity contribution >= 4 is 81.6 Å². The molecule has 1 heterocycles. The van der Waals surface area contributed by atoms with Gasteiger partial charge in [-0.05, 0) is 48.1 Å². The fraction of sp³-hybridized carbons (Fsp3) is 0.378. The van der Waals surface area contributed by atoms with Crippen LogP contribution >= 0.6 is 23.4 Å². The average Bonchev–Trinajstić information content (AvgIpc) is 3.71. The molecule has 1 aromatic heterocycles. The molecular formula is C45H55ClN10O9S. The fourth-order valence-electron chi connectivity index (χ4n) is 6.62. The lowest BCUT2D eigenvalue weighted by molar-refractivity contribution is -0.141. The Morgan fingerprint density at radius 3 is 1.98 bits per heavy atom. The minimum atomic E-state index is -1.67. The Balaban J connectivity index is 1.48. The summed E-state index contributed by atoms with van der Waals surface area (Å²) in [6.45, 7) is 1.69. The first-order valence-corrected chi connectivity index (χ1v) is 23.0. The first kappa shape index (κ1) is 51.8. The lowest BCUT2D eigenvalue weighted by atomic mass is 10.0. The number of nitrogens with zero attached hydrogens (tertiary/aromatic N) is 3. The third-order valence-corrected chi connectivity index (χ3v) is 10.9. The van der Waals surface area contributed by atoms with E-state index in [1.807, 2.05) is 48.5 Å². The van der Waals surface area contributed by atoms with Gasteiger partial charge in [0, 0.05) is 48.7 Å².